The number of aromatic nitrogens is 2. The molecular weight excluding hydrogens is 576 g/mol. The van der Waals surface area contributed by atoms with E-state index in [9.17, 15) is 32.4 Å². The Morgan fingerprint density at radius 1 is 1.07 bits per heavy atom. The molecule has 44 heavy (non-hydrogen) atoms. The number of halogens is 4. The largest absolute Gasteiger partial charge is 0.416 e. The molecule has 8 nitrogen and oxygen atoms in total. The molecule has 2 heterocycles. The van der Waals surface area contributed by atoms with Crippen molar-refractivity contribution in [2.75, 3.05) is 11.4 Å². The first-order valence-electron chi connectivity index (χ1n) is 14.0. The second-order valence-corrected chi connectivity index (χ2v) is 10.8. The first-order chi connectivity index (χ1) is 21.1. The van der Waals surface area contributed by atoms with Crippen molar-refractivity contribution in [2.45, 2.75) is 43.4 Å². The van der Waals surface area contributed by atoms with E-state index in [2.05, 4.69) is 10.6 Å². The van der Waals surface area contributed by atoms with Gasteiger partial charge in [-0.3, -0.25) is 14.5 Å². The quantitative estimate of drug-likeness (QED) is 0.168. The number of anilines is 1. The van der Waals surface area contributed by atoms with Gasteiger partial charge in [-0.25, -0.2) is 9.07 Å². The van der Waals surface area contributed by atoms with Gasteiger partial charge in [-0.2, -0.15) is 23.5 Å². The van der Waals surface area contributed by atoms with Gasteiger partial charge in [-0.05, 0) is 67.8 Å². The number of rotatable bonds is 7. The lowest BCUT2D eigenvalue weighted by molar-refractivity contribution is -0.137. The Morgan fingerprint density at radius 2 is 1.77 bits per heavy atom. The van der Waals surface area contributed by atoms with Crippen LogP contribution in [-0.4, -0.2) is 34.2 Å². The number of fused-ring (bicyclic) bond motifs is 1. The number of nitrogens with one attached hydrogen (secondary N) is 2. The van der Waals surface area contributed by atoms with Crippen LogP contribution in [0.1, 0.15) is 58.4 Å². The number of hydrogen-bond acceptors (Lipinski definition) is 5. The molecule has 1 saturated carbocycles. The normalized spacial score (nSPS) is 18.7. The first-order valence-corrected chi connectivity index (χ1v) is 14.0. The third-order valence-corrected chi connectivity index (χ3v) is 8.11. The molecule has 2 atom stereocenters. The molecule has 2 N–H and O–H groups in total. The van der Waals surface area contributed by atoms with E-state index in [0.717, 1.165) is 18.2 Å². The third kappa shape index (κ3) is 4.94. The average molecular weight is 603 g/mol. The maximum Gasteiger partial charge on any atom is 0.416 e. The molecule has 12 heteroatoms. The van der Waals surface area contributed by atoms with Crippen LogP contribution in [0, 0.1) is 17.3 Å². The van der Waals surface area contributed by atoms with Gasteiger partial charge < -0.3 is 10.6 Å². The van der Waals surface area contributed by atoms with Crippen LogP contribution in [0.15, 0.2) is 78.9 Å². The van der Waals surface area contributed by atoms with Crippen molar-refractivity contribution in [3.05, 3.63) is 113 Å². The number of benzene rings is 3. The molecule has 0 saturated heterocycles. The van der Waals surface area contributed by atoms with Gasteiger partial charge in [0.2, 0.25) is 0 Å². The summed E-state index contributed by atoms with van der Waals surface area (Å²) < 4.78 is 56.1. The van der Waals surface area contributed by atoms with Crippen LogP contribution in [0.3, 0.4) is 0 Å². The summed E-state index contributed by atoms with van der Waals surface area (Å²) >= 11 is 0. The van der Waals surface area contributed by atoms with Crippen molar-refractivity contribution in [1.29, 1.82) is 5.26 Å². The molecule has 2 amide bonds. The highest BCUT2D eigenvalue weighted by atomic mass is 19.4. The topological polar surface area (TPSA) is 103 Å². The monoisotopic (exact) mass is 602 g/mol. The molecular formula is C32H26F4N6O2. The van der Waals surface area contributed by atoms with Crippen LogP contribution < -0.4 is 15.5 Å². The number of carbonyl (C=O) groups is 2. The number of nitriles is 1. The van der Waals surface area contributed by atoms with Crippen LogP contribution in [0.4, 0.5) is 23.4 Å². The number of likely N-dealkylation sites (N-methyl/N-ethyl adjacent to an activating group) is 1. The van der Waals surface area contributed by atoms with E-state index < -0.39 is 46.9 Å². The minimum atomic E-state index is -4.67. The summed E-state index contributed by atoms with van der Waals surface area (Å²) in [4.78, 5) is 29.3. The van der Waals surface area contributed by atoms with E-state index in [4.69, 9.17) is 5.10 Å². The zero-order valence-corrected chi connectivity index (χ0v) is 23.4. The molecule has 1 aliphatic heterocycles. The average Bonchev–Trinajstić information content (AvgIpc) is 3.69. The predicted octanol–water partition coefficient (Wildman–Crippen LogP) is 5.39. The number of nitrogens with zero attached hydrogens (tertiary/aromatic N) is 4. The van der Waals surface area contributed by atoms with Crippen molar-refractivity contribution in [3.8, 4) is 11.9 Å². The van der Waals surface area contributed by atoms with Crippen molar-refractivity contribution in [1.82, 2.24) is 20.4 Å². The zero-order valence-electron chi connectivity index (χ0n) is 23.4. The van der Waals surface area contributed by atoms with E-state index in [1.807, 2.05) is 36.5 Å². The minimum absolute atomic E-state index is 0.175. The summed E-state index contributed by atoms with van der Waals surface area (Å²) in [5, 5.41) is 20.1. The van der Waals surface area contributed by atoms with Gasteiger partial charge in [0.15, 0.2) is 6.19 Å². The zero-order chi connectivity index (χ0) is 31.2. The Morgan fingerprint density at radius 3 is 2.39 bits per heavy atom. The summed E-state index contributed by atoms with van der Waals surface area (Å²) in [5.41, 5.74) is 0.0766. The molecule has 2 aliphatic rings. The van der Waals surface area contributed by atoms with Crippen molar-refractivity contribution >= 4 is 17.6 Å². The van der Waals surface area contributed by atoms with E-state index in [1.165, 1.54) is 35.2 Å². The lowest BCUT2D eigenvalue weighted by Crippen LogP contribution is -2.55. The summed E-state index contributed by atoms with van der Waals surface area (Å²) in [6.07, 6.45) is -1.50. The lowest BCUT2D eigenvalue weighted by atomic mass is 9.79. The van der Waals surface area contributed by atoms with Gasteiger partial charge >= 0.3 is 6.18 Å². The predicted molar refractivity (Wildman–Crippen MR) is 152 cm³/mol. The fourth-order valence-electron chi connectivity index (χ4n) is 5.85. The Kier molecular flexibility index (Phi) is 7.11. The van der Waals surface area contributed by atoms with E-state index in [1.54, 1.807) is 11.6 Å². The van der Waals surface area contributed by atoms with Gasteiger partial charge in [0, 0.05) is 23.6 Å². The lowest BCUT2D eigenvalue weighted by Gasteiger charge is -2.39. The Balaban J connectivity index is 1.56. The van der Waals surface area contributed by atoms with Crippen LogP contribution >= 0.6 is 0 Å². The van der Waals surface area contributed by atoms with E-state index >= 15 is 0 Å². The fraction of sp³-hybridized carbons (Fsp3) is 0.250. The van der Waals surface area contributed by atoms with Crippen molar-refractivity contribution in [2.24, 2.45) is 0 Å². The highest BCUT2D eigenvalue weighted by Gasteiger charge is 2.54. The molecule has 6 rings (SSSR count). The number of carbonyl (C=O) groups excluding carboxylic acids is 2. The Labute approximate surface area is 249 Å². The summed E-state index contributed by atoms with van der Waals surface area (Å²) in [6.45, 7) is 1.93. The van der Waals surface area contributed by atoms with Crippen LogP contribution in [0.5, 0.6) is 0 Å². The summed E-state index contributed by atoms with van der Waals surface area (Å²) in [6, 6.07) is 17.3. The van der Waals surface area contributed by atoms with Gasteiger partial charge in [-0.15, -0.1) is 0 Å². The van der Waals surface area contributed by atoms with Crippen LogP contribution in [0.2, 0.25) is 0 Å². The second-order valence-electron chi connectivity index (χ2n) is 10.8. The first kappa shape index (κ1) is 28.9. The van der Waals surface area contributed by atoms with Gasteiger partial charge in [0.25, 0.3) is 11.8 Å². The van der Waals surface area contributed by atoms with E-state index in [0.29, 0.717) is 41.2 Å². The van der Waals surface area contributed by atoms with Gasteiger partial charge in [0.05, 0.1) is 22.5 Å². The minimum Gasteiger partial charge on any atom is -0.339 e. The molecule has 0 spiro atoms. The van der Waals surface area contributed by atoms with Crippen LogP contribution in [-0.2, 0) is 16.5 Å². The molecule has 1 aliphatic carbocycles. The van der Waals surface area contributed by atoms with Gasteiger partial charge in [0.1, 0.15) is 17.7 Å². The molecule has 0 radical (unpaired) electrons. The molecule has 4 aromatic rings. The molecule has 1 aromatic heterocycles. The van der Waals surface area contributed by atoms with E-state index in [-0.39, 0.29) is 12.1 Å². The summed E-state index contributed by atoms with van der Waals surface area (Å²) in [5.74, 6) is -2.39. The number of amides is 2. The summed E-state index contributed by atoms with van der Waals surface area (Å²) in [7, 11) is 0. The number of hydrogen-bond donors (Lipinski definition) is 2. The smallest absolute Gasteiger partial charge is 0.339 e. The van der Waals surface area contributed by atoms with Crippen molar-refractivity contribution < 1.29 is 27.2 Å². The molecule has 3 aromatic carbocycles. The van der Waals surface area contributed by atoms with Crippen LogP contribution in [0.25, 0.3) is 5.69 Å². The third-order valence-electron chi connectivity index (χ3n) is 8.11. The standard InChI is InChI=1S/C32H26F4N6O2/c1-2-41-29-25(27(31(15-16-31)38-18-37)40-42(29)23-9-4-3-5-10-23)24(19-11-13-22(33)14-12-19)26(30(41)44)39-28(43)20-7-6-8-21(17-20)32(34,35)36/h3-14,17,24,26,38H,2,15-16H2,1H3,(H,39,43)/t24-,26+/m0/s1. The molecule has 1 fully saturated rings. The Bertz CT molecular complexity index is 1780. The second kappa shape index (κ2) is 10.8. The fourth-order valence-corrected chi connectivity index (χ4v) is 5.85. The molecule has 0 bridgehead atoms. The van der Waals surface area contributed by atoms with Crippen molar-refractivity contribution in [3.63, 3.8) is 0 Å². The molecule has 0 unspecified atom stereocenters. The highest BCUT2D eigenvalue weighted by Crippen LogP contribution is 2.53. The number of para-hydroxylation sites is 1. The Hall–Kier alpha value is -5.18. The SMILES string of the molecule is CCN1C(=O)[C@H](NC(=O)c2cccc(C(F)(F)F)c2)[C@@H](c2ccc(F)cc2)c2c(C3(NC#N)CC3)nn(-c3ccccc3)c21. The highest BCUT2D eigenvalue weighted by molar-refractivity contribution is 6.05. The van der Waals surface area contributed by atoms with Gasteiger partial charge in [-0.1, -0.05) is 36.4 Å². The maximum atomic E-state index is 14.3. The number of alkyl halides is 3. The maximum absolute atomic E-state index is 14.3. The molecule has 224 valence electrons.